The number of phenolic OH excluding ortho intramolecular Hbond substituents is 1. The normalized spacial score (nSPS) is 12.0. The van der Waals surface area contributed by atoms with Gasteiger partial charge in [0.25, 0.3) is 0 Å². The van der Waals surface area contributed by atoms with E-state index >= 15 is 0 Å². The molecule has 0 amide bonds. The first-order chi connectivity index (χ1) is 11.7. The molecular formula is C19H16N4O. The maximum atomic E-state index is 9.57. The predicted octanol–water partition coefficient (Wildman–Crippen LogP) is 3.25. The topological polar surface area (TPSA) is 106 Å². The van der Waals surface area contributed by atoms with Crippen LogP contribution in [-0.2, 0) is 0 Å². The SMILES string of the molecule is N#CC(C#N)=C/C=C/C=C/C=C/C(N)=C/N=Cc1ccccc1O. The van der Waals surface area contributed by atoms with E-state index in [0.717, 1.165) is 0 Å². The molecule has 1 aromatic rings. The summed E-state index contributed by atoms with van der Waals surface area (Å²) in [4.78, 5) is 4.04. The van der Waals surface area contributed by atoms with Crippen LogP contribution >= 0.6 is 0 Å². The minimum Gasteiger partial charge on any atom is -0.507 e. The Morgan fingerprint density at radius 1 is 1.04 bits per heavy atom. The highest BCUT2D eigenvalue weighted by molar-refractivity contribution is 5.83. The Labute approximate surface area is 141 Å². The molecule has 0 saturated heterocycles. The van der Waals surface area contributed by atoms with Crippen molar-refractivity contribution in [3.05, 3.63) is 89.8 Å². The summed E-state index contributed by atoms with van der Waals surface area (Å²) in [6.07, 6.45) is 14.6. The van der Waals surface area contributed by atoms with E-state index in [0.29, 0.717) is 11.3 Å². The van der Waals surface area contributed by atoms with Gasteiger partial charge in [0, 0.05) is 23.7 Å². The third-order valence-electron chi connectivity index (χ3n) is 2.61. The third kappa shape index (κ3) is 7.26. The second kappa shape index (κ2) is 10.8. The summed E-state index contributed by atoms with van der Waals surface area (Å²) in [6, 6.07) is 10.4. The fraction of sp³-hybridized carbons (Fsp3) is 0. The molecule has 0 aliphatic carbocycles. The lowest BCUT2D eigenvalue weighted by atomic mass is 10.2. The highest BCUT2D eigenvalue weighted by atomic mass is 16.3. The maximum absolute atomic E-state index is 9.57. The monoisotopic (exact) mass is 316 g/mol. The molecule has 0 bridgehead atoms. The van der Waals surface area contributed by atoms with Crippen molar-refractivity contribution in [2.45, 2.75) is 0 Å². The van der Waals surface area contributed by atoms with Gasteiger partial charge in [-0.1, -0.05) is 42.5 Å². The number of phenols is 1. The first-order valence-corrected chi connectivity index (χ1v) is 6.96. The smallest absolute Gasteiger partial charge is 0.129 e. The average Bonchev–Trinajstić information content (AvgIpc) is 2.59. The molecule has 0 aromatic heterocycles. The predicted molar refractivity (Wildman–Crippen MR) is 94.7 cm³/mol. The number of aliphatic imine (C=N–C) groups is 1. The van der Waals surface area contributed by atoms with Gasteiger partial charge in [0.15, 0.2) is 0 Å². The molecule has 24 heavy (non-hydrogen) atoms. The largest absolute Gasteiger partial charge is 0.507 e. The van der Waals surface area contributed by atoms with Gasteiger partial charge in [-0.3, -0.25) is 4.99 Å². The maximum Gasteiger partial charge on any atom is 0.129 e. The van der Waals surface area contributed by atoms with E-state index in [-0.39, 0.29) is 11.3 Å². The highest BCUT2D eigenvalue weighted by Gasteiger charge is 1.93. The van der Waals surface area contributed by atoms with Gasteiger partial charge in [0.2, 0.25) is 0 Å². The summed E-state index contributed by atoms with van der Waals surface area (Å²) in [6.45, 7) is 0. The van der Waals surface area contributed by atoms with Gasteiger partial charge in [-0.25, -0.2) is 0 Å². The van der Waals surface area contributed by atoms with E-state index in [2.05, 4.69) is 4.99 Å². The molecule has 0 fully saturated rings. The van der Waals surface area contributed by atoms with Crippen LogP contribution in [0.5, 0.6) is 5.75 Å². The number of aromatic hydroxyl groups is 1. The van der Waals surface area contributed by atoms with Gasteiger partial charge in [-0.2, -0.15) is 10.5 Å². The van der Waals surface area contributed by atoms with Gasteiger partial charge in [-0.05, 0) is 24.3 Å². The molecule has 0 spiro atoms. The number of allylic oxidation sites excluding steroid dienone is 8. The molecule has 0 saturated carbocycles. The Morgan fingerprint density at radius 2 is 1.71 bits per heavy atom. The fourth-order valence-corrected chi connectivity index (χ4v) is 1.45. The summed E-state index contributed by atoms with van der Waals surface area (Å²) in [5.74, 6) is 0.156. The van der Waals surface area contributed by atoms with Crippen molar-refractivity contribution in [1.29, 1.82) is 10.5 Å². The zero-order chi connectivity index (χ0) is 17.6. The molecule has 1 aromatic carbocycles. The molecule has 0 unspecified atom stereocenters. The van der Waals surface area contributed by atoms with E-state index < -0.39 is 0 Å². The first kappa shape index (κ1) is 18.2. The molecule has 0 atom stereocenters. The molecule has 0 radical (unpaired) electrons. The van der Waals surface area contributed by atoms with E-state index in [4.69, 9.17) is 16.3 Å². The van der Waals surface area contributed by atoms with Crippen LogP contribution in [-0.4, -0.2) is 11.3 Å². The molecule has 0 aliphatic rings. The lowest BCUT2D eigenvalue weighted by Crippen LogP contribution is -1.91. The van der Waals surface area contributed by atoms with Crippen LogP contribution in [0.1, 0.15) is 5.56 Å². The van der Waals surface area contributed by atoms with E-state index in [1.165, 1.54) is 18.5 Å². The van der Waals surface area contributed by atoms with Crippen LogP contribution in [0, 0.1) is 22.7 Å². The fourth-order valence-electron chi connectivity index (χ4n) is 1.45. The minimum absolute atomic E-state index is 0.0460. The summed E-state index contributed by atoms with van der Waals surface area (Å²) in [5.41, 5.74) is 6.86. The second-order valence-electron chi connectivity index (χ2n) is 4.40. The van der Waals surface area contributed by atoms with E-state index in [1.54, 1.807) is 72.9 Å². The molecule has 1 rings (SSSR count). The van der Waals surface area contributed by atoms with Gasteiger partial charge >= 0.3 is 0 Å². The van der Waals surface area contributed by atoms with Crippen molar-refractivity contribution in [2.24, 2.45) is 10.7 Å². The highest BCUT2D eigenvalue weighted by Crippen LogP contribution is 2.12. The zero-order valence-electron chi connectivity index (χ0n) is 12.9. The number of hydrogen-bond donors (Lipinski definition) is 2. The van der Waals surface area contributed by atoms with Crippen LogP contribution < -0.4 is 5.73 Å². The van der Waals surface area contributed by atoms with Gasteiger partial charge < -0.3 is 10.8 Å². The molecule has 118 valence electrons. The van der Waals surface area contributed by atoms with Crippen LogP contribution in [0.4, 0.5) is 0 Å². The van der Waals surface area contributed by atoms with Crippen LogP contribution in [0.15, 0.2) is 89.3 Å². The summed E-state index contributed by atoms with van der Waals surface area (Å²) < 4.78 is 0. The Balaban J connectivity index is 2.53. The Kier molecular flexibility index (Phi) is 8.22. The third-order valence-corrected chi connectivity index (χ3v) is 2.61. The van der Waals surface area contributed by atoms with Crippen LogP contribution in [0.3, 0.4) is 0 Å². The van der Waals surface area contributed by atoms with E-state index in [1.807, 2.05) is 0 Å². The van der Waals surface area contributed by atoms with Gasteiger partial charge in [0.1, 0.15) is 23.5 Å². The second-order valence-corrected chi connectivity index (χ2v) is 4.40. The number of nitrogens with two attached hydrogens (primary N) is 1. The lowest BCUT2D eigenvalue weighted by Gasteiger charge is -1.95. The summed E-state index contributed by atoms with van der Waals surface area (Å²) in [7, 11) is 0. The van der Waals surface area contributed by atoms with E-state index in [9.17, 15) is 5.11 Å². The number of benzene rings is 1. The summed E-state index contributed by atoms with van der Waals surface area (Å²) >= 11 is 0. The Morgan fingerprint density at radius 3 is 2.42 bits per heavy atom. The van der Waals surface area contributed by atoms with Crippen LogP contribution in [0.25, 0.3) is 0 Å². The lowest BCUT2D eigenvalue weighted by molar-refractivity contribution is 0.474. The number of hydrogen-bond acceptors (Lipinski definition) is 5. The molecule has 3 N–H and O–H groups in total. The number of para-hydroxylation sites is 1. The van der Waals surface area contributed by atoms with Crippen molar-refractivity contribution in [3.63, 3.8) is 0 Å². The van der Waals surface area contributed by atoms with Crippen LogP contribution in [0.2, 0.25) is 0 Å². The quantitative estimate of drug-likeness (QED) is 0.477. The molecule has 5 heteroatoms. The standard InChI is InChI=1S/C19H16N4O/c20-12-16(13-21)8-4-2-1-3-5-10-18(22)15-23-14-17-9-6-7-11-19(17)24/h1-11,14-15,24H,22H2/b3-1+,4-2+,10-5+,18-15-,23-14?. The number of rotatable bonds is 6. The molecule has 5 nitrogen and oxygen atoms in total. The molecular weight excluding hydrogens is 300 g/mol. The van der Waals surface area contributed by atoms with Crippen molar-refractivity contribution < 1.29 is 5.11 Å². The van der Waals surface area contributed by atoms with Crippen molar-refractivity contribution >= 4 is 6.21 Å². The molecule has 0 heterocycles. The van der Waals surface area contributed by atoms with Crippen molar-refractivity contribution in [2.75, 3.05) is 0 Å². The Hall–Kier alpha value is -3.83. The minimum atomic E-state index is 0.0460. The number of nitrogens with zero attached hydrogens (tertiary/aromatic N) is 3. The van der Waals surface area contributed by atoms with Gasteiger partial charge in [0.05, 0.1) is 0 Å². The molecule has 0 aliphatic heterocycles. The van der Waals surface area contributed by atoms with Crippen molar-refractivity contribution in [1.82, 2.24) is 0 Å². The van der Waals surface area contributed by atoms with Gasteiger partial charge in [-0.15, -0.1) is 0 Å². The number of nitriles is 2. The first-order valence-electron chi connectivity index (χ1n) is 6.96. The Bertz CT molecular complexity index is 797. The average molecular weight is 316 g/mol. The zero-order valence-corrected chi connectivity index (χ0v) is 12.9. The summed E-state index contributed by atoms with van der Waals surface area (Å²) in [5, 5.41) is 26.6. The van der Waals surface area contributed by atoms with Crippen molar-refractivity contribution in [3.8, 4) is 17.9 Å².